The molecule has 172 valence electrons. The van der Waals surface area contributed by atoms with E-state index < -0.39 is 0 Å². The Morgan fingerprint density at radius 3 is 1.97 bits per heavy atom. The molecule has 0 amide bonds. The van der Waals surface area contributed by atoms with Crippen LogP contribution < -0.4 is 5.32 Å². The fourth-order valence-corrected chi connectivity index (χ4v) is 4.18. The minimum atomic E-state index is -0.322. The van der Waals surface area contributed by atoms with E-state index in [4.69, 9.17) is 27.9 Å². The lowest BCUT2D eigenvalue weighted by molar-refractivity contribution is 0.0526. The van der Waals surface area contributed by atoms with Crippen molar-refractivity contribution in [2.24, 2.45) is 0 Å². The second-order valence-corrected chi connectivity index (χ2v) is 8.85. The molecule has 34 heavy (non-hydrogen) atoms. The number of anilines is 1. The largest absolute Gasteiger partial charge is 0.462 e. The van der Waals surface area contributed by atoms with E-state index in [2.05, 4.69) is 36.5 Å². The Balaban J connectivity index is 1.55. The van der Waals surface area contributed by atoms with E-state index in [0.717, 1.165) is 38.5 Å². The van der Waals surface area contributed by atoms with Crippen molar-refractivity contribution in [3.05, 3.63) is 112 Å². The molecule has 0 heterocycles. The summed E-state index contributed by atoms with van der Waals surface area (Å²) < 4.78 is 5.09. The molecule has 1 unspecified atom stereocenters. The maximum Gasteiger partial charge on any atom is 0.338 e. The zero-order valence-electron chi connectivity index (χ0n) is 19.0. The standard InChI is InChI=1S/C29H25Cl2NO2/c1-3-34-29(33)23-6-4-22(5-7-23)28-18-25(31)14-17-27(28)19(2)32-26-15-10-21(11-16-26)20-8-12-24(30)13-9-20/h4-19,32H,3H2,1-2H3. The van der Waals surface area contributed by atoms with Crippen LogP contribution in [-0.4, -0.2) is 12.6 Å². The molecule has 1 N–H and O–H groups in total. The quantitative estimate of drug-likeness (QED) is 0.264. The van der Waals surface area contributed by atoms with Crippen molar-refractivity contribution < 1.29 is 9.53 Å². The van der Waals surface area contributed by atoms with Crippen molar-refractivity contribution >= 4 is 34.9 Å². The average molecular weight is 490 g/mol. The maximum absolute atomic E-state index is 12.0. The van der Waals surface area contributed by atoms with E-state index >= 15 is 0 Å². The lowest BCUT2D eigenvalue weighted by Crippen LogP contribution is -2.08. The summed E-state index contributed by atoms with van der Waals surface area (Å²) in [5.41, 5.74) is 6.90. The number of halogens is 2. The highest BCUT2D eigenvalue weighted by Crippen LogP contribution is 2.33. The van der Waals surface area contributed by atoms with Crippen molar-refractivity contribution in [1.29, 1.82) is 0 Å². The van der Waals surface area contributed by atoms with Crippen LogP contribution >= 0.6 is 23.2 Å². The Bertz CT molecular complexity index is 1270. The molecule has 0 saturated carbocycles. The Morgan fingerprint density at radius 1 is 0.794 bits per heavy atom. The molecule has 4 aromatic rings. The van der Waals surface area contributed by atoms with Gasteiger partial charge < -0.3 is 10.1 Å². The Hall–Kier alpha value is -3.27. The van der Waals surface area contributed by atoms with Gasteiger partial charge in [-0.25, -0.2) is 4.79 Å². The first-order valence-electron chi connectivity index (χ1n) is 11.1. The summed E-state index contributed by atoms with van der Waals surface area (Å²) in [7, 11) is 0. The number of hydrogen-bond acceptors (Lipinski definition) is 3. The number of carbonyl (C=O) groups is 1. The molecule has 4 aromatic carbocycles. The van der Waals surface area contributed by atoms with Crippen LogP contribution in [0.25, 0.3) is 22.3 Å². The topological polar surface area (TPSA) is 38.3 Å². The van der Waals surface area contributed by atoms with Crippen LogP contribution in [0.4, 0.5) is 5.69 Å². The molecule has 5 heteroatoms. The Kier molecular flexibility index (Phi) is 7.56. The van der Waals surface area contributed by atoms with Crippen LogP contribution in [0.2, 0.25) is 10.0 Å². The summed E-state index contributed by atoms with van der Waals surface area (Å²) in [5, 5.41) is 4.97. The van der Waals surface area contributed by atoms with Crippen molar-refractivity contribution in [2.75, 3.05) is 11.9 Å². The fraction of sp³-hybridized carbons (Fsp3) is 0.138. The van der Waals surface area contributed by atoms with Gasteiger partial charge in [-0.1, -0.05) is 65.7 Å². The molecule has 0 saturated heterocycles. The summed E-state index contributed by atoms with van der Waals surface area (Å²) in [5.74, 6) is -0.322. The van der Waals surface area contributed by atoms with E-state index in [9.17, 15) is 4.79 Å². The summed E-state index contributed by atoms with van der Waals surface area (Å²) in [6, 6.07) is 29.5. The van der Waals surface area contributed by atoms with E-state index in [0.29, 0.717) is 17.2 Å². The van der Waals surface area contributed by atoms with Crippen LogP contribution in [0, 0.1) is 0 Å². The lowest BCUT2D eigenvalue weighted by atomic mass is 9.94. The van der Waals surface area contributed by atoms with Gasteiger partial charge in [0, 0.05) is 21.8 Å². The van der Waals surface area contributed by atoms with E-state index in [1.807, 2.05) is 54.6 Å². The van der Waals surface area contributed by atoms with Crippen LogP contribution in [-0.2, 0) is 4.74 Å². The van der Waals surface area contributed by atoms with Gasteiger partial charge in [-0.05, 0) is 90.2 Å². The molecular formula is C29H25Cl2NO2. The second kappa shape index (κ2) is 10.8. The highest BCUT2D eigenvalue weighted by Gasteiger charge is 2.14. The summed E-state index contributed by atoms with van der Waals surface area (Å²) in [6.07, 6.45) is 0. The molecule has 0 aliphatic heterocycles. The number of carbonyl (C=O) groups excluding carboxylic acids is 1. The summed E-state index contributed by atoms with van der Waals surface area (Å²) in [4.78, 5) is 12.0. The second-order valence-electron chi connectivity index (χ2n) is 7.98. The molecule has 1 atom stereocenters. The fourth-order valence-electron chi connectivity index (χ4n) is 3.89. The average Bonchev–Trinajstić information content (AvgIpc) is 2.85. The summed E-state index contributed by atoms with van der Waals surface area (Å²) in [6.45, 7) is 4.26. The molecule has 0 aliphatic rings. The van der Waals surface area contributed by atoms with Crippen LogP contribution in [0.5, 0.6) is 0 Å². The predicted octanol–water partition coefficient (Wildman–Crippen LogP) is 8.68. The SMILES string of the molecule is CCOC(=O)c1ccc(-c2cc(Cl)ccc2C(C)Nc2ccc(-c3ccc(Cl)cc3)cc2)cc1. The lowest BCUT2D eigenvalue weighted by Gasteiger charge is -2.20. The van der Waals surface area contributed by atoms with Crippen LogP contribution in [0.1, 0.15) is 35.8 Å². The zero-order valence-corrected chi connectivity index (χ0v) is 20.5. The third-order valence-electron chi connectivity index (χ3n) is 5.63. The van der Waals surface area contributed by atoms with E-state index in [-0.39, 0.29) is 12.0 Å². The number of ether oxygens (including phenoxy) is 1. The highest BCUT2D eigenvalue weighted by molar-refractivity contribution is 6.31. The number of nitrogens with one attached hydrogen (secondary N) is 1. The molecule has 0 aliphatic carbocycles. The van der Waals surface area contributed by atoms with Gasteiger partial charge in [0.15, 0.2) is 0 Å². The monoisotopic (exact) mass is 489 g/mol. The van der Waals surface area contributed by atoms with E-state index in [1.54, 1.807) is 19.1 Å². The summed E-state index contributed by atoms with van der Waals surface area (Å²) >= 11 is 12.3. The van der Waals surface area contributed by atoms with Gasteiger partial charge in [0.25, 0.3) is 0 Å². The molecule has 0 bridgehead atoms. The molecule has 0 aromatic heterocycles. The van der Waals surface area contributed by atoms with Gasteiger partial charge in [0.1, 0.15) is 0 Å². The Morgan fingerprint density at radius 2 is 1.35 bits per heavy atom. The van der Waals surface area contributed by atoms with E-state index in [1.165, 1.54) is 0 Å². The first-order valence-corrected chi connectivity index (χ1v) is 11.9. The van der Waals surface area contributed by atoms with Gasteiger partial charge in [-0.2, -0.15) is 0 Å². The van der Waals surface area contributed by atoms with Crippen LogP contribution in [0.3, 0.4) is 0 Å². The highest BCUT2D eigenvalue weighted by atomic mass is 35.5. The molecule has 3 nitrogen and oxygen atoms in total. The van der Waals surface area contributed by atoms with Gasteiger partial charge in [-0.3, -0.25) is 0 Å². The predicted molar refractivity (Wildman–Crippen MR) is 142 cm³/mol. The van der Waals surface area contributed by atoms with Crippen molar-refractivity contribution in [3.8, 4) is 22.3 Å². The molecule has 0 spiro atoms. The normalized spacial score (nSPS) is 11.6. The molecular weight excluding hydrogens is 465 g/mol. The zero-order chi connectivity index (χ0) is 24.1. The molecule has 4 rings (SSSR count). The maximum atomic E-state index is 12.0. The minimum absolute atomic E-state index is 0.0263. The van der Waals surface area contributed by atoms with Crippen molar-refractivity contribution in [1.82, 2.24) is 0 Å². The van der Waals surface area contributed by atoms with Crippen molar-refractivity contribution in [3.63, 3.8) is 0 Å². The number of hydrogen-bond donors (Lipinski definition) is 1. The first-order chi connectivity index (χ1) is 16.4. The van der Waals surface area contributed by atoms with Crippen LogP contribution in [0.15, 0.2) is 91.0 Å². The molecule has 0 fully saturated rings. The third-order valence-corrected chi connectivity index (χ3v) is 6.12. The first kappa shape index (κ1) is 23.9. The Labute approximate surface area is 210 Å². The smallest absolute Gasteiger partial charge is 0.338 e. The number of benzene rings is 4. The van der Waals surface area contributed by atoms with Crippen molar-refractivity contribution in [2.45, 2.75) is 19.9 Å². The van der Waals surface area contributed by atoms with Gasteiger partial charge in [0.05, 0.1) is 12.2 Å². The minimum Gasteiger partial charge on any atom is -0.462 e. The van der Waals surface area contributed by atoms with Gasteiger partial charge in [-0.15, -0.1) is 0 Å². The molecule has 0 radical (unpaired) electrons. The number of esters is 1. The van der Waals surface area contributed by atoms with Gasteiger partial charge in [0.2, 0.25) is 0 Å². The van der Waals surface area contributed by atoms with Gasteiger partial charge >= 0.3 is 5.97 Å². The number of rotatable bonds is 7. The third kappa shape index (κ3) is 5.61.